The molecule has 0 radical (unpaired) electrons. The Balaban J connectivity index is 1.97. The molecule has 20 heavy (non-hydrogen) atoms. The lowest BCUT2D eigenvalue weighted by Gasteiger charge is -1.98. The molecule has 8 heteroatoms. The largest absolute Gasteiger partial charge is 0.421 e. The fourth-order valence-electron chi connectivity index (χ4n) is 1.85. The van der Waals surface area contributed by atoms with Crippen LogP contribution in [0.5, 0.6) is 0 Å². The molecular weight excluding hydrogens is 280 g/mol. The van der Waals surface area contributed by atoms with Crippen LogP contribution < -0.4 is 17.0 Å². The van der Waals surface area contributed by atoms with Gasteiger partial charge in [0.1, 0.15) is 0 Å². The Hall–Kier alpha value is -2.45. The van der Waals surface area contributed by atoms with E-state index in [1.807, 2.05) is 0 Å². The molecule has 0 aliphatic carbocycles. The van der Waals surface area contributed by atoms with Crippen LogP contribution in [0, 0.1) is 0 Å². The van der Waals surface area contributed by atoms with Gasteiger partial charge in [-0.1, -0.05) is 0 Å². The predicted molar refractivity (Wildman–Crippen MR) is 73.3 cm³/mol. The maximum Gasteiger partial charge on any atom is 0.421 e. The number of nitrogens with zero attached hydrogens (tertiary/aromatic N) is 2. The first-order valence-corrected chi connectivity index (χ1v) is 6.54. The number of carbonyl (C=O) groups excluding carboxylic acids is 1. The van der Waals surface area contributed by atoms with Crippen LogP contribution in [0.25, 0.3) is 11.2 Å². The van der Waals surface area contributed by atoms with Gasteiger partial charge in [-0.3, -0.25) is 14.8 Å². The van der Waals surface area contributed by atoms with Gasteiger partial charge >= 0.3 is 5.76 Å². The van der Waals surface area contributed by atoms with Crippen molar-refractivity contribution in [2.75, 3.05) is 0 Å². The Morgan fingerprint density at radius 1 is 1.45 bits per heavy atom. The highest BCUT2D eigenvalue weighted by Crippen LogP contribution is 2.18. The molecule has 7 nitrogen and oxygen atoms in total. The van der Waals surface area contributed by atoms with Crippen molar-refractivity contribution in [3.8, 4) is 0 Å². The summed E-state index contributed by atoms with van der Waals surface area (Å²) in [7, 11) is 0. The van der Waals surface area contributed by atoms with E-state index in [9.17, 15) is 9.59 Å². The van der Waals surface area contributed by atoms with E-state index in [0.29, 0.717) is 22.7 Å². The highest BCUT2D eigenvalue weighted by Gasteiger charge is 2.13. The molecule has 0 atom stereocenters. The molecule has 1 amide bonds. The molecule has 0 saturated carbocycles. The summed E-state index contributed by atoms with van der Waals surface area (Å²) in [6.07, 6.45) is 1.59. The monoisotopic (exact) mass is 290 g/mol. The third-order valence-corrected chi connectivity index (χ3v) is 3.82. The smallest absolute Gasteiger partial charge is 0.406 e. The summed E-state index contributed by atoms with van der Waals surface area (Å²) in [6, 6.07) is 6.80. The molecule has 3 aromatic rings. The van der Waals surface area contributed by atoms with Crippen LogP contribution in [-0.4, -0.2) is 15.5 Å². The van der Waals surface area contributed by atoms with E-state index in [-0.39, 0.29) is 5.91 Å². The van der Waals surface area contributed by atoms with Crippen LogP contribution in [0.1, 0.15) is 14.5 Å². The molecule has 0 saturated heterocycles. The summed E-state index contributed by atoms with van der Waals surface area (Å²) >= 11 is 1.26. The van der Waals surface area contributed by atoms with Gasteiger partial charge in [0.15, 0.2) is 11.2 Å². The zero-order chi connectivity index (χ0) is 14.1. The first kappa shape index (κ1) is 12.6. The summed E-state index contributed by atoms with van der Waals surface area (Å²) in [5, 5.41) is 0. The molecule has 0 bridgehead atoms. The van der Waals surface area contributed by atoms with Crippen molar-refractivity contribution in [3.05, 3.63) is 50.8 Å². The number of oxazole rings is 1. The molecule has 3 N–H and O–H groups in total. The Morgan fingerprint density at radius 3 is 3.10 bits per heavy atom. The first-order valence-electron chi connectivity index (χ1n) is 5.73. The minimum atomic E-state index is -0.475. The molecule has 3 aromatic heterocycles. The number of hydrogen-bond acceptors (Lipinski definition) is 6. The van der Waals surface area contributed by atoms with Gasteiger partial charge in [0.25, 0.3) is 5.91 Å². The van der Waals surface area contributed by atoms with Gasteiger partial charge < -0.3 is 4.42 Å². The molecule has 0 unspecified atom stereocenters. The molecule has 102 valence electrons. The minimum absolute atomic E-state index is 0.297. The van der Waals surface area contributed by atoms with Gasteiger partial charge in [-0.05, 0) is 24.3 Å². The average Bonchev–Trinajstić information content (AvgIpc) is 3.04. The molecule has 3 heterocycles. The highest BCUT2D eigenvalue weighted by atomic mass is 32.1. The second-order valence-electron chi connectivity index (χ2n) is 4.02. The number of thiophene rings is 1. The third-order valence-electron chi connectivity index (χ3n) is 2.75. The predicted octanol–water partition coefficient (Wildman–Crippen LogP) is 0.703. The number of aromatic nitrogens is 2. The quantitative estimate of drug-likeness (QED) is 0.420. The zero-order valence-corrected chi connectivity index (χ0v) is 11.0. The van der Waals surface area contributed by atoms with Crippen LogP contribution in [0.2, 0.25) is 0 Å². The average molecular weight is 290 g/mol. The molecule has 0 aromatic carbocycles. The van der Waals surface area contributed by atoms with Crippen LogP contribution >= 0.6 is 11.3 Å². The SMILES string of the molecule is NNC(=O)c1ccc(Cn2c(=O)oc3cccnc32)s1. The second-order valence-corrected chi connectivity index (χ2v) is 5.19. The maximum atomic E-state index is 11.8. The van der Waals surface area contributed by atoms with Gasteiger partial charge in [-0.15, -0.1) is 11.3 Å². The first-order chi connectivity index (χ1) is 9.69. The van der Waals surface area contributed by atoms with Gasteiger partial charge in [-0.25, -0.2) is 15.6 Å². The van der Waals surface area contributed by atoms with Crippen molar-refractivity contribution < 1.29 is 9.21 Å². The van der Waals surface area contributed by atoms with Crippen LogP contribution in [-0.2, 0) is 6.54 Å². The van der Waals surface area contributed by atoms with E-state index in [0.717, 1.165) is 4.88 Å². The second kappa shape index (κ2) is 4.91. The summed E-state index contributed by atoms with van der Waals surface area (Å²) in [6.45, 7) is 0.297. The Bertz CT molecular complexity index is 832. The Kier molecular flexibility index (Phi) is 3.09. The lowest BCUT2D eigenvalue weighted by Crippen LogP contribution is -2.29. The summed E-state index contributed by atoms with van der Waals surface area (Å²) in [4.78, 5) is 28.6. The van der Waals surface area contributed by atoms with Crippen molar-refractivity contribution in [2.24, 2.45) is 5.84 Å². The summed E-state index contributed by atoms with van der Waals surface area (Å²) < 4.78 is 6.52. The number of carbonyl (C=O) groups is 1. The van der Waals surface area contributed by atoms with Gasteiger partial charge in [-0.2, -0.15) is 0 Å². The molecule has 3 rings (SSSR count). The molecule has 0 fully saturated rings. The fraction of sp³-hybridized carbons (Fsp3) is 0.0833. The summed E-state index contributed by atoms with van der Waals surface area (Å²) in [5.74, 6) is 4.24. The topological polar surface area (TPSA) is 103 Å². The normalized spacial score (nSPS) is 10.8. The number of amides is 1. The summed E-state index contributed by atoms with van der Waals surface area (Å²) in [5.41, 5.74) is 2.99. The van der Waals surface area contributed by atoms with Crippen LogP contribution in [0.15, 0.2) is 39.7 Å². The number of pyridine rings is 1. The van der Waals surface area contributed by atoms with Crippen molar-refractivity contribution in [1.82, 2.24) is 15.0 Å². The van der Waals surface area contributed by atoms with E-state index in [2.05, 4.69) is 10.4 Å². The van der Waals surface area contributed by atoms with E-state index >= 15 is 0 Å². The van der Waals surface area contributed by atoms with Gasteiger partial charge in [0.2, 0.25) is 0 Å². The third kappa shape index (κ3) is 2.10. The van der Waals surface area contributed by atoms with Crippen molar-refractivity contribution >= 4 is 28.5 Å². The number of rotatable bonds is 3. The van der Waals surface area contributed by atoms with Crippen molar-refractivity contribution in [1.29, 1.82) is 0 Å². The Labute approximate surface area is 116 Å². The highest BCUT2D eigenvalue weighted by molar-refractivity contribution is 7.14. The van der Waals surface area contributed by atoms with Gasteiger partial charge in [0.05, 0.1) is 11.4 Å². The van der Waals surface area contributed by atoms with Crippen molar-refractivity contribution in [2.45, 2.75) is 6.54 Å². The minimum Gasteiger partial charge on any atom is -0.406 e. The number of nitrogen functional groups attached to an aromatic ring is 1. The number of nitrogens with one attached hydrogen (secondary N) is 1. The number of hydrogen-bond donors (Lipinski definition) is 2. The lowest BCUT2D eigenvalue weighted by molar-refractivity contribution is 0.0957. The van der Waals surface area contributed by atoms with Crippen LogP contribution in [0.3, 0.4) is 0 Å². The molecule has 0 spiro atoms. The van der Waals surface area contributed by atoms with E-state index in [1.165, 1.54) is 15.9 Å². The zero-order valence-electron chi connectivity index (χ0n) is 10.2. The van der Waals surface area contributed by atoms with Crippen molar-refractivity contribution in [3.63, 3.8) is 0 Å². The number of nitrogens with two attached hydrogens (primary N) is 1. The van der Waals surface area contributed by atoms with Gasteiger partial charge in [0, 0.05) is 11.1 Å². The lowest BCUT2D eigenvalue weighted by atomic mass is 10.4. The number of hydrazine groups is 1. The molecule has 0 aliphatic heterocycles. The van der Waals surface area contributed by atoms with E-state index in [4.69, 9.17) is 10.3 Å². The Morgan fingerprint density at radius 2 is 2.30 bits per heavy atom. The maximum absolute atomic E-state index is 11.8. The van der Waals surface area contributed by atoms with E-state index in [1.54, 1.807) is 30.5 Å². The number of fused-ring (bicyclic) bond motifs is 1. The fourth-order valence-corrected chi connectivity index (χ4v) is 2.75. The van der Waals surface area contributed by atoms with E-state index < -0.39 is 5.76 Å². The molecule has 0 aliphatic rings. The standard InChI is InChI=1S/C12H10N4O3S/c13-15-11(17)9-4-3-7(20-9)6-16-10-8(19-12(16)18)2-1-5-14-10/h1-5H,6,13H2,(H,15,17). The van der Waals surface area contributed by atoms with Crippen LogP contribution in [0.4, 0.5) is 0 Å². The molecular formula is C12H10N4O3S.